The fourth-order valence-corrected chi connectivity index (χ4v) is 4.60. The number of nitrogens with two attached hydrogens (primary N) is 1. The Morgan fingerprint density at radius 1 is 1.26 bits per heavy atom. The van der Waals surface area contributed by atoms with E-state index in [1.807, 2.05) is 0 Å². The van der Waals surface area contributed by atoms with Crippen molar-refractivity contribution in [2.45, 2.75) is 50.5 Å². The van der Waals surface area contributed by atoms with E-state index < -0.39 is 10.0 Å². The minimum atomic E-state index is -3.46. The number of benzene rings is 1. The van der Waals surface area contributed by atoms with Crippen LogP contribution in [0.25, 0.3) is 0 Å². The summed E-state index contributed by atoms with van der Waals surface area (Å²) in [5, 5.41) is 0. The molecular formula is C17H28N2O3S. The molecule has 0 radical (unpaired) electrons. The van der Waals surface area contributed by atoms with E-state index in [2.05, 4.69) is 13.8 Å². The van der Waals surface area contributed by atoms with Crippen LogP contribution < -0.4 is 10.5 Å². The molecule has 1 fully saturated rings. The quantitative estimate of drug-likeness (QED) is 0.828. The molecular weight excluding hydrogens is 312 g/mol. The van der Waals surface area contributed by atoms with Crippen molar-refractivity contribution in [1.29, 1.82) is 0 Å². The van der Waals surface area contributed by atoms with Gasteiger partial charge in [0, 0.05) is 12.6 Å². The maximum absolute atomic E-state index is 12.9. The number of ether oxygens (including phenoxy) is 1. The second-order valence-corrected chi connectivity index (χ2v) is 8.41. The van der Waals surface area contributed by atoms with Gasteiger partial charge in [-0.1, -0.05) is 20.3 Å². The lowest BCUT2D eigenvalue weighted by Gasteiger charge is -2.34. The number of nitrogens with zero attached hydrogens (tertiary/aromatic N) is 1. The van der Waals surface area contributed by atoms with Crippen LogP contribution in [-0.4, -0.2) is 38.5 Å². The van der Waals surface area contributed by atoms with E-state index in [0.717, 1.165) is 25.7 Å². The van der Waals surface area contributed by atoms with Crippen LogP contribution in [-0.2, 0) is 10.0 Å². The summed E-state index contributed by atoms with van der Waals surface area (Å²) in [7, 11) is -3.46. The molecule has 2 N–H and O–H groups in total. The molecule has 0 saturated carbocycles. The average Bonchev–Trinajstić information content (AvgIpc) is 2.54. The van der Waals surface area contributed by atoms with Crippen LogP contribution in [0.3, 0.4) is 0 Å². The van der Waals surface area contributed by atoms with Crippen LogP contribution >= 0.6 is 0 Å². The average molecular weight is 340 g/mol. The highest BCUT2D eigenvalue weighted by molar-refractivity contribution is 7.89. The summed E-state index contributed by atoms with van der Waals surface area (Å²) in [5.74, 6) is 1.14. The molecule has 23 heavy (non-hydrogen) atoms. The highest BCUT2D eigenvalue weighted by Gasteiger charge is 2.32. The third-order valence-electron chi connectivity index (χ3n) is 4.09. The number of hydrogen-bond donors (Lipinski definition) is 1. The molecule has 1 aliphatic heterocycles. The second kappa shape index (κ2) is 8.13. The van der Waals surface area contributed by atoms with E-state index in [9.17, 15) is 8.42 Å². The lowest BCUT2D eigenvalue weighted by atomic mass is 10.0. The van der Waals surface area contributed by atoms with Gasteiger partial charge >= 0.3 is 0 Å². The fraction of sp³-hybridized carbons (Fsp3) is 0.647. The van der Waals surface area contributed by atoms with Crippen molar-refractivity contribution in [3.05, 3.63) is 24.3 Å². The zero-order valence-electron chi connectivity index (χ0n) is 14.1. The first-order chi connectivity index (χ1) is 10.9. The monoisotopic (exact) mass is 340 g/mol. The van der Waals surface area contributed by atoms with Gasteiger partial charge in [0.05, 0.1) is 11.5 Å². The van der Waals surface area contributed by atoms with Crippen LogP contribution in [0.15, 0.2) is 29.2 Å². The van der Waals surface area contributed by atoms with Gasteiger partial charge in [-0.2, -0.15) is 4.31 Å². The van der Waals surface area contributed by atoms with E-state index in [0.29, 0.717) is 36.3 Å². The minimum Gasteiger partial charge on any atom is -0.493 e. The number of rotatable bonds is 7. The minimum absolute atomic E-state index is 0.0237. The van der Waals surface area contributed by atoms with Gasteiger partial charge in [0.15, 0.2) is 0 Å². The Labute approximate surface area is 139 Å². The van der Waals surface area contributed by atoms with E-state index in [-0.39, 0.29) is 6.04 Å². The summed E-state index contributed by atoms with van der Waals surface area (Å²) >= 11 is 0. The second-order valence-electron chi connectivity index (χ2n) is 6.52. The molecule has 0 bridgehead atoms. The van der Waals surface area contributed by atoms with Crippen LogP contribution in [0.1, 0.15) is 39.5 Å². The molecule has 1 aliphatic rings. The molecule has 1 unspecified atom stereocenters. The summed E-state index contributed by atoms with van der Waals surface area (Å²) in [4.78, 5) is 0.332. The maximum atomic E-state index is 12.9. The van der Waals surface area contributed by atoms with Crippen molar-refractivity contribution >= 4 is 10.0 Å². The largest absolute Gasteiger partial charge is 0.493 e. The van der Waals surface area contributed by atoms with Gasteiger partial charge in [0.1, 0.15) is 5.75 Å². The molecule has 1 aromatic rings. The molecule has 1 saturated heterocycles. The number of sulfonamides is 1. The third kappa shape index (κ3) is 4.68. The summed E-state index contributed by atoms with van der Waals surface area (Å²) in [6.45, 7) is 5.87. The van der Waals surface area contributed by atoms with E-state index in [4.69, 9.17) is 10.5 Å². The molecule has 2 rings (SSSR count). The smallest absolute Gasteiger partial charge is 0.243 e. The van der Waals surface area contributed by atoms with Gasteiger partial charge in [-0.3, -0.25) is 0 Å². The van der Waals surface area contributed by atoms with Crippen LogP contribution in [0.5, 0.6) is 5.75 Å². The zero-order chi connectivity index (χ0) is 16.9. The molecule has 5 nitrogen and oxygen atoms in total. The number of hydrogen-bond acceptors (Lipinski definition) is 4. The Hall–Kier alpha value is -1.11. The van der Waals surface area contributed by atoms with E-state index in [1.165, 1.54) is 0 Å². The third-order valence-corrected chi connectivity index (χ3v) is 6.05. The first-order valence-corrected chi connectivity index (χ1v) is 9.84. The first-order valence-electron chi connectivity index (χ1n) is 8.40. The van der Waals surface area contributed by atoms with Gasteiger partial charge in [-0.25, -0.2) is 8.42 Å². The van der Waals surface area contributed by atoms with Gasteiger partial charge in [-0.15, -0.1) is 0 Å². The molecule has 1 aromatic carbocycles. The van der Waals surface area contributed by atoms with E-state index in [1.54, 1.807) is 28.6 Å². The molecule has 0 aliphatic carbocycles. The van der Waals surface area contributed by atoms with Crippen molar-refractivity contribution in [2.75, 3.05) is 19.7 Å². The molecule has 1 heterocycles. The lowest BCUT2D eigenvalue weighted by Crippen LogP contribution is -2.44. The van der Waals surface area contributed by atoms with Gasteiger partial charge in [0.25, 0.3) is 0 Å². The van der Waals surface area contributed by atoms with Crippen molar-refractivity contribution in [2.24, 2.45) is 11.7 Å². The Balaban J connectivity index is 2.14. The summed E-state index contributed by atoms with van der Waals surface area (Å²) in [6.07, 6.45) is 3.59. The summed E-state index contributed by atoms with van der Waals surface area (Å²) in [6, 6.07) is 6.77. The van der Waals surface area contributed by atoms with Gasteiger partial charge in [0.2, 0.25) is 10.0 Å². The van der Waals surface area contributed by atoms with Crippen molar-refractivity contribution < 1.29 is 13.2 Å². The van der Waals surface area contributed by atoms with Crippen molar-refractivity contribution in [3.63, 3.8) is 0 Å². The topological polar surface area (TPSA) is 72.6 Å². The highest BCUT2D eigenvalue weighted by Crippen LogP contribution is 2.27. The predicted molar refractivity (Wildman–Crippen MR) is 92.0 cm³/mol. The fourth-order valence-electron chi connectivity index (χ4n) is 2.88. The molecule has 6 heteroatoms. The van der Waals surface area contributed by atoms with Crippen LogP contribution in [0.4, 0.5) is 0 Å². The zero-order valence-corrected chi connectivity index (χ0v) is 14.9. The van der Waals surface area contributed by atoms with Crippen LogP contribution in [0, 0.1) is 5.92 Å². The Bertz CT molecular complexity index is 582. The Morgan fingerprint density at radius 2 is 1.96 bits per heavy atom. The molecule has 0 aromatic heterocycles. The highest BCUT2D eigenvalue weighted by atomic mass is 32.2. The normalized spacial score (nSPS) is 19.9. The van der Waals surface area contributed by atoms with Crippen LogP contribution in [0.2, 0.25) is 0 Å². The Morgan fingerprint density at radius 3 is 2.57 bits per heavy atom. The summed E-state index contributed by atoms with van der Waals surface area (Å²) in [5.41, 5.74) is 5.64. The number of piperidine rings is 1. The standard InChI is InChI=1S/C17H28N2O3S/c1-14(2)13-22-16-6-8-17(9-7-16)23(20,21)19-12-4-3-5-15(19)10-11-18/h6-9,14-15H,3-5,10-13,18H2,1-2H3. The predicted octanol–water partition coefficient (Wildman–Crippen LogP) is 2.61. The first kappa shape index (κ1) is 18.2. The molecule has 130 valence electrons. The lowest BCUT2D eigenvalue weighted by molar-refractivity contribution is 0.243. The van der Waals surface area contributed by atoms with Gasteiger partial charge < -0.3 is 10.5 Å². The molecule has 1 atom stereocenters. The van der Waals surface area contributed by atoms with Crippen molar-refractivity contribution in [3.8, 4) is 5.75 Å². The van der Waals surface area contributed by atoms with E-state index >= 15 is 0 Å². The Kier molecular flexibility index (Phi) is 6.44. The maximum Gasteiger partial charge on any atom is 0.243 e. The van der Waals surface area contributed by atoms with Gasteiger partial charge in [-0.05, 0) is 56.0 Å². The summed E-state index contributed by atoms with van der Waals surface area (Å²) < 4.78 is 33.0. The van der Waals surface area contributed by atoms with Crippen molar-refractivity contribution in [1.82, 2.24) is 4.31 Å². The molecule has 0 amide bonds. The SMILES string of the molecule is CC(C)COc1ccc(S(=O)(=O)N2CCCCC2CCN)cc1. The molecule has 0 spiro atoms.